The Morgan fingerprint density at radius 2 is 1.88 bits per heavy atom. The largest absolute Gasteiger partial charge is 0.382 e. The molecule has 0 saturated carbocycles. The van der Waals surface area contributed by atoms with Gasteiger partial charge in [0.15, 0.2) is 11.5 Å². The predicted octanol–water partition coefficient (Wildman–Crippen LogP) is 3.22. The third kappa shape index (κ3) is 2.24. The summed E-state index contributed by atoms with van der Waals surface area (Å²) in [4.78, 5) is 15.9. The zero-order chi connectivity index (χ0) is 16.7. The quantitative estimate of drug-likeness (QED) is 0.562. The van der Waals surface area contributed by atoms with Crippen molar-refractivity contribution in [3.8, 4) is 5.69 Å². The van der Waals surface area contributed by atoms with Crippen molar-refractivity contribution in [3.63, 3.8) is 0 Å². The monoisotopic (exact) mass is 337 g/mol. The molecule has 0 atom stereocenters. The number of aromatic amines is 1. The van der Waals surface area contributed by atoms with Crippen LogP contribution in [0.25, 0.3) is 16.6 Å². The Morgan fingerprint density at radius 3 is 2.67 bits per heavy atom. The van der Waals surface area contributed by atoms with Crippen LogP contribution in [0, 0.1) is 0 Å². The van der Waals surface area contributed by atoms with Gasteiger partial charge < -0.3 is 10.7 Å². The molecule has 24 heavy (non-hydrogen) atoms. The normalized spacial score (nSPS) is 11.0. The molecule has 6 nitrogen and oxygen atoms in total. The molecule has 2 aromatic heterocycles. The first-order valence-corrected chi connectivity index (χ1v) is 7.61. The second kappa shape index (κ2) is 5.50. The lowest BCUT2D eigenvalue weighted by atomic mass is 10.1. The fourth-order valence-electron chi connectivity index (χ4n) is 2.61. The third-order valence-electron chi connectivity index (χ3n) is 3.83. The van der Waals surface area contributed by atoms with Crippen LogP contribution in [0.1, 0.15) is 16.1 Å². The average molecular weight is 338 g/mol. The van der Waals surface area contributed by atoms with Gasteiger partial charge in [-0.05, 0) is 30.3 Å². The molecule has 0 unspecified atom stereocenters. The van der Waals surface area contributed by atoms with Crippen LogP contribution >= 0.6 is 11.6 Å². The molecule has 0 amide bonds. The average Bonchev–Trinajstić information content (AvgIpc) is 3.19. The summed E-state index contributed by atoms with van der Waals surface area (Å²) in [6.07, 6.45) is 1.66. The minimum absolute atomic E-state index is 0.120. The molecule has 0 bridgehead atoms. The number of hydrogen-bond donors (Lipinski definition) is 2. The van der Waals surface area contributed by atoms with E-state index in [1.807, 2.05) is 24.3 Å². The molecule has 2 heterocycles. The summed E-state index contributed by atoms with van der Waals surface area (Å²) >= 11 is 5.88. The Hall–Kier alpha value is -3.12. The van der Waals surface area contributed by atoms with Gasteiger partial charge >= 0.3 is 0 Å². The molecule has 3 N–H and O–H groups in total. The van der Waals surface area contributed by atoms with Crippen molar-refractivity contribution < 1.29 is 4.79 Å². The number of aromatic nitrogens is 4. The highest BCUT2D eigenvalue weighted by Crippen LogP contribution is 2.24. The van der Waals surface area contributed by atoms with E-state index >= 15 is 0 Å². The van der Waals surface area contributed by atoms with Crippen molar-refractivity contribution in [1.29, 1.82) is 0 Å². The number of rotatable bonds is 3. The molecule has 0 aliphatic rings. The number of carbonyl (C=O) groups excluding carboxylic acids is 1. The van der Waals surface area contributed by atoms with Crippen LogP contribution < -0.4 is 5.73 Å². The molecule has 0 spiro atoms. The van der Waals surface area contributed by atoms with Crippen LogP contribution in [0.3, 0.4) is 0 Å². The maximum absolute atomic E-state index is 12.8. The summed E-state index contributed by atoms with van der Waals surface area (Å²) in [5.74, 6) is -0.0854. The van der Waals surface area contributed by atoms with Crippen LogP contribution in [0.5, 0.6) is 0 Å². The zero-order valence-electron chi connectivity index (χ0n) is 12.4. The molecule has 4 rings (SSSR count). The van der Waals surface area contributed by atoms with Crippen LogP contribution in [-0.2, 0) is 0 Å². The number of hydrogen-bond acceptors (Lipinski definition) is 4. The SMILES string of the molecule is Nc1c(C(=O)c2c[nH]c3ccccc23)nnn1-c1ccc(Cl)cc1. The summed E-state index contributed by atoms with van der Waals surface area (Å²) < 4.78 is 1.42. The number of benzene rings is 2. The van der Waals surface area contributed by atoms with E-state index in [1.165, 1.54) is 4.68 Å². The van der Waals surface area contributed by atoms with Gasteiger partial charge in [-0.2, -0.15) is 4.68 Å². The Balaban J connectivity index is 1.77. The molecule has 0 aliphatic heterocycles. The summed E-state index contributed by atoms with van der Waals surface area (Å²) in [7, 11) is 0. The van der Waals surface area contributed by atoms with Gasteiger partial charge in [0, 0.05) is 27.7 Å². The maximum atomic E-state index is 12.8. The van der Waals surface area contributed by atoms with E-state index in [0.717, 1.165) is 10.9 Å². The second-order valence-electron chi connectivity index (χ2n) is 5.29. The molecule has 7 heteroatoms. The van der Waals surface area contributed by atoms with E-state index in [1.54, 1.807) is 30.5 Å². The van der Waals surface area contributed by atoms with Crippen LogP contribution in [0.2, 0.25) is 5.02 Å². The first kappa shape index (κ1) is 14.5. The van der Waals surface area contributed by atoms with E-state index in [-0.39, 0.29) is 17.3 Å². The second-order valence-corrected chi connectivity index (χ2v) is 5.73. The van der Waals surface area contributed by atoms with E-state index in [0.29, 0.717) is 16.3 Å². The van der Waals surface area contributed by atoms with E-state index in [4.69, 9.17) is 17.3 Å². The number of ketones is 1. The molecule has 4 aromatic rings. The highest BCUT2D eigenvalue weighted by Gasteiger charge is 2.22. The van der Waals surface area contributed by atoms with Crippen molar-refractivity contribution in [2.45, 2.75) is 0 Å². The molecule has 118 valence electrons. The van der Waals surface area contributed by atoms with Gasteiger partial charge in [0.25, 0.3) is 0 Å². The van der Waals surface area contributed by atoms with Gasteiger partial charge in [0.1, 0.15) is 0 Å². The van der Waals surface area contributed by atoms with Crippen molar-refractivity contribution in [3.05, 3.63) is 71.0 Å². The molecule has 0 fully saturated rings. The number of fused-ring (bicyclic) bond motifs is 1. The Kier molecular flexibility index (Phi) is 3.32. The lowest BCUT2D eigenvalue weighted by Crippen LogP contribution is -2.07. The van der Waals surface area contributed by atoms with Gasteiger partial charge in [-0.15, -0.1) is 5.10 Å². The number of para-hydroxylation sites is 1. The molecule has 0 saturated heterocycles. The number of nitrogens with one attached hydrogen (secondary N) is 1. The van der Waals surface area contributed by atoms with Gasteiger partial charge in [0.05, 0.1) is 5.69 Å². The minimum Gasteiger partial charge on any atom is -0.382 e. The molecule has 0 radical (unpaired) electrons. The topological polar surface area (TPSA) is 89.6 Å². The van der Waals surface area contributed by atoms with E-state index in [9.17, 15) is 4.79 Å². The summed E-state index contributed by atoms with van der Waals surface area (Å²) in [5, 5.41) is 9.39. The molecular formula is C17H12ClN5O. The minimum atomic E-state index is -0.273. The first-order valence-electron chi connectivity index (χ1n) is 7.23. The molecule has 0 aliphatic carbocycles. The van der Waals surface area contributed by atoms with Crippen LogP contribution in [0.15, 0.2) is 54.7 Å². The van der Waals surface area contributed by atoms with E-state index in [2.05, 4.69) is 15.3 Å². The predicted molar refractivity (Wildman–Crippen MR) is 92.5 cm³/mol. The Bertz CT molecular complexity index is 1050. The van der Waals surface area contributed by atoms with Crippen molar-refractivity contribution in [2.24, 2.45) is 0 Å². The van der Waals surface area contributed by atoms with Crippen molar-refractivity contribution >= 4 is 34.1 Å². The smallest absolute Gasteiger partial charge is 0.219 e. The number of nitrogens with two attached hydrogens (primary N) is 1. The zero-order valence-corrected chi connectivity index (χ0v) is 13.2. The van der Waals surface area contributed by atoms with Gasteiger partial charge in [-0.1, -0.05) is 35.0 Å². The number of nitrogen functional groups attached to an aromatic ring is 1. The summed E-state index contributed by atoms with van der Waals surface area (Å²) in [5.41, 5.74) is 8.29. The highest BCUT2D eigenvalue weighted by atomic mass is 35.5. The fourth-order valence-corrected chi connectivity index (χ4v) is 2.74. The number of carbonyl (C=O) groups is 1. The number of H-pyrrole nitrogens is 1. The molecule has 2 aromatic carbocycles. The highest BCUT2D eigenvalue weighted by molar-refractivity contribution is 6.30. The van der Waals surface area contributed by atoms with Gasteiger partial charge in [0.2, 0.25) is 5.78 Å². The van der Waals surface area contributed by atoms with Crippen molar-refractivity contribution in [2.75, 3.05) is 5.73 Å². The van der Waals surface area contributed by atoms with Crippen LogP contribution in [-0.4, -0.2) is 25.8 Å². The standard InChI is InChI=1S/C17H12ClN5O/c18-10-5-7-11(8-6-10)23-17(19)15(21-22-23)16(24)13-9-20-14-4-2-1-3-12(13)14/h1-9,20H,19H2. The Morgan fingerprint density at radius 1 is 1.12 bits per heavy atom. The van der Waals surface area contributed by atoms with Gasteiger partial charge in [-0.3, -0.25) is 4.79 Å². The van der Waals surface area contributed by atoms with E-state index < -0.39 is 0 Å². The lowest BCUT2D eigenvalue weighted by molar-refractivity contribution is 0.103. The summed E-state index contributed by atoms with van der Waals surface area (Å²) in [6.45, 7) is 0. The van der Waals surface area contributed by atoms with Gasteiger partial charge in [-0.25, -0.2) is 0 Å². The first-order chi connectivity index (χ1) is 11.6. The number of halogens is 1. The maximum Gasteiger partial charge on any atom is 0.219 e. The van der Waals surface area contributed by atoms with Crippen molar-refractivity contribution in [1.82, 2.24) is 20.0 Å². The fraction of sp³-hybridized carbons (Fsp3) is 0. The number of anilines is 1. The third-order valence-corrected chi connectivity index (χ3v) is 4.08. The number of nitrogens with zero attached hydrogens (tertiary/aromatic N) is 3. The lowest BCUT2D eigenvalue weighted by Gasteiger charge is -2.03. The molecular weight excluding hydrogens is 326 g/mol. The Labute approximate surface area is 141 Å². The summed E-state index contributed by atoms with van der Waals surface area (Å²) in [6, 6.07) is 14.5. The van der Waals surface area contributed by atoms with Crippen LogP contribution in [0.4, 0.5) is 5.82 Å².